The summed E-state index contributed by atoms with van der Waals surface area (Å²) in [5.74, 6) is 1.27. The van der Waals surface area contributed by atoms with Crippen molar-refractivity contribution in [2.75, 3.05) is 44.2 Å². The van der Waals surface area contributed by atoms with Gasteiger partial charge in [0, 0.05) is 60.8 Å². The number of nitrogens with zero attached hydrogens (tertiary/aromatic N) is 5. The highest BCUT2D eigenvalue weighted by Crippen LogP contribution is 2.40. The van der Waals surface area contributed by atoms with Crippen LogP contribution in [-0.2, 0) is 0 Å². The number of ether oxygens (including phenoxy) is 1. The van der Waals surface area contributed by atoms with Crippen LogP contribution in [0.1, 0.15) is 38.7 Å². The van der Waals surface area contributed by atoms with Crippen LogP contribution in [0.5, 0.6) is 11.8 Å². The third-order valence-corrected chi connectivity index (χ3v) is 9.63. The number of hydrogen-bond donors (Lipinski definition) is 2. The number of benzene rings is 2. The molecule has 45 heavy (non-hydrogen) atoms. The molecular formula is C34H35F3N6O2. The van der Waals surface area contributed by atoms with Crippen LogP contribution in [0.25, 0.3) is 32.9 Å². The Morgan fingerprint density at radius 3 is 2.67 bits per heavy atom. The summed E-state index contributed by atoms with van der Waals surface area (Å²) in [4.78, 5) is 18.0. The number of nitrogens with one attached hydrogen (secondary N) is 1. The van der Waals surface area contributed by atoms with E-state index in [9.17, 15) is 9.50 Å². The molecule has 3 aliphatic heterocycles. The van der Waals surface area contributed by atoms with E-state index in [1.54, 1.807) is 0 Å². The molecule has 2 N–H and O–H groups in total. The Bertz CT molecular complexity index is 1840. The van der Waals surface area contributed by atoms with Gasteiger partial charge in [-0.3, -0.25) is 4.98 Å². The molecular weight excluding hydrogens is 581 g/mol. The summed E-state index contributed by atoms with van der Waals surface area (Å²) < 4.78 is 52.9. The molecule has 0 aliphatic carbocycles. The number of piperazine rings is 1. The molecule has 11 heteroatoms. The molecule has 8 nitrogen and oxygen atoms in total. The van der Waals surface area contributed by atoms with Crippen LogP contribution in [0.15, 0.2) is 30.5 Å². The number of fused-ring (bicyclic) bond motifs is 4. The van der Waals surface area contributed by atoms with Gasteiger partial charge >= 0.3 is 6.01 Å². The highest BCUT2D eigenvalue weighted by molar-refractivity contribution is 6.03. The summed E-state index contributed by atoms with van der Waals surface area (Å²) in [5, 5.41) is 15.2. The number of hydrogen-bond acceptors (Lipinski definition) is 8. The number of terminal acetylenes is 1. The zero-order valence-electron chi connectivity index (χ0n) is 25.3. The van der Waals surface area contributed by atoms with E-state index in [2.05, 4.69) is 31.0 Å². The quantitative estimate of drug-likeness (QED) is 0.286. The molecule has 0 unspecified atom stereocenters. The number of phenols is 1. The topological polar surface area (TPSA) is 86.6 Å². The molecule has 4 atom stereocenters. The average Bonchev–Trinajstić information content (AvgIpc) is 3.38. The van der Waals surface area contributed by atoms with Crippen LogP contribution >= 0.6 is 0 Å². The number of alkyl halides is 1. The molecule has 234 valence electrons. The van der Waals surface area contributed by atoms with Crippen LogP contribution in [-0.4, -0.2) is 82.5 Å². The van der Waals surface area contributed by atoms with Crippen molar-refractivity contribution in [3.05, 3.63) is 47.7 Å². The van der Waals surface area contributed by atoms with Gasteiger partial charge in [-0.05, 0) is 49.4 Å². The summed E-state index contributed by atoms with van der Waals surface area (Å²) in [7, 11) is 0. The average molecular weight is 617 g/mol. The molecule has 0 spiro atoms. The minimum atomic E-state index is -1.07. The van der Waals surface area contributed by atoms with Gasteiger partial charge in [0.2, 0.25) is 0 Å². The van der Waals surface area contributed by atoms with Crippen molar-refractivity contribution in [3.8, 4) is 35.4 Å². The molecule has 3 fully saturated rings. The molecule has 2 bridgehead atoms. The minimum Gasteiger partial charge on any atom is -0.508 e. The molecule has 2 aromatic heterocycles. The van der Waals surface area contributed by atoms with Crippen LogP contribution in [0.2, 0.25) is 0 Å². The van der Waals surface area contributed by atoms with E-state index in [-0.39, 0.29) is 58.2 Å². The van der Waals surface area contributed by atoms with E-state index in [1.165, 1.54) is 30.5 Å². The lowest BCUT2D eigenvalue weighted by Gasteiger charge is -2.42. The van der Waals surface area contributed by atoms with Gasteiger partial charge in [0.1, 0.15) is 41.4 Å². The zero-order chi connectivity index (χ0) is 31.5. The molecule has 7 rings (SSSR count). The summed E-state index contributed by atoms with van der Waals surface area (Å²) >= 11 is 0. The summed E-state index contributed by atoms with van der Waals surface area (Å²) in [6, 6.07) is 5.94. The number of likely N-dealkylation sites (tertiary alicyclic amines) is 1. The predicted molar refractivity (Wildman–Crippen MR) is 167 cm³/mol. The van der Waals surface area contributed by atoms with Gasteiger partial charge in [-0.2, -0.15) is 9.97 Å². The fraction of sp³-hybridized carbons (Fsp3) is 0.441. The lowest BCUT2D eigenvalue weighted by atomic mass is 9.81. The zero-order valence-corrected chi connectivity index (χ0v) is 25.3. The first-order chi connectivity index (χ1) is 21.7. The minimum absolute atomic E-state index is 0.0178. The first-order valence-corrected chi connectivity index (χ1v) is 15.5. The van der Waals surface area contributed by atoms with E-state index in [0.29, 0.717) is 49.2 Å². The third kappa shape index (κ3) is 5.20. The Kier molecular flexibility index (Phi) is 7.45. The highest BCUT2D eigenvalue weighted by Gasteiger charge is 2.41. The lowest BCUT2D eigenvalue weighted by Crippen LogP contribution is -2.51. The molecule has 0 radical (unpaired) electrons. The second-order valence-corrected chi connectivity index (χ2v) is 12.8. The van der Waals surface area contributed by atoms with Crippen molar-refractivity contribution in [1.29, 1.82) is 0 Å². The molecule has 2 aromatic carbocycles. The Balaban J connectivity index is 1.37. The molecule has 4 aromatic rings. The van der Waals surface area contributed by atoms with Gasteiger partial charge in [0.05, 0.1) is 10.9 Å². The fourth-order valence-corrected chi connectivity index (χ4v) is 7.21. The van der Waals surface area contributed by atoms with Crippen LogP contribution in [0, 0.1) is 29.4 Å². The normalized spacial score (nSPS) is 25.2. The van der Waals surface area contributed by atoms with Crippen LogP contribution < -0.4 is 15.0 Å². The van der Waals surface area contributed by atoms with E-state index >= 15 is 8.78 Å². The van der Waals surface area contributed by atoms with Crippen LogP contribution in [0.3, 0.4) is 0 Å². The van der Waals surface area contributed by atoms with Gasteiger partial charge in [-0.15, -0.1) is 6.42 Å². The number of pyridine rings is 1. The molecule has 0 saturated carbocycles. The lowest BCUT2D eigenvalue weighted by molar-refractivity contribution is -0.0154. The molecule has 0 amide bonds. The van der Waals surface area contributed by atoms with Gasteiger partial charge < -0.3 is 25.0 Å². The summed E-state index contributed by atoms with van der Waals surface area (Å²) in [5.41, 5.74) is -0.909. The Labute approximate surface area is 259 Å². The Morgan fingerprint density at radius 1 is 1.16 bits per heavy atom. The van der Waals surface area contributed by atoms with E-state index in [1.807, 2.05) is 13.8 Å². The van der Waals surface area contributed by atoms with Gasteiger partial charge in [0.15, 0.2) is 5.82 Å². The summed E-state index contributed by atoms with van der Waals surface area (Å²) in [6.45, 7) is 7.27. The highest BCUT2D eigenvalue weighted by atomic mass is 19.1. The maximum atomic E-state index is 16.7. The monoisotopic (exact) mass is 616 g/mol. The number of anilines is 1. The number of aromatic nitrogens is 3. The molecule has 3 aliphatic rings. The second kappa shape index (κ2) is 11.3. The predicted octanol–water partition coefficient (Wildman–Crippen LogP) is 5.20. The van der Waals surface area contributed by atoms with Crippen molar-refractivity contribution in [1.82, 2.24) is 25.2 Å². The number of rotatable bonds is 6. The molecule has 3 saturated heterocycles. The largest absolute Gasteiger partial charge is 0.508 e. The van der Waals surface area contributed by atoms with Crippen molar-refractivity contribution < 1.29 is 23.0 Å². The van der Waals surface area contributed by atoms with Crippen molar-refractivity contribution in [3.63, 3.8) is 0 Å². The van der Waals surface area contributed by atoms with Crippen molar-refractivity contribution in [2.45, 2.75) is 51.4 Å². The Hall–Kier alpha value is -4.14. The number of phenolic OH excluding ortho intramolecular Hbond substituents is 1. The standard InChI is InChI=1S/C34H35F3N6O2/c1-4-23-26(35)9-6-19-12-22(44)13-24(28(19)23)30-29(37)31-25(14-38-30)32(43-15-20-7-8-21(16-43)39-20)41-33(40-31)45-18-34(3)17-42(5-2)11-10-27(34)36/h1,6,9,12-14,20-21,27,39,44H,5,7-8,10-11,15-18H2,2-3H3/t20-,21+,27-,34-/m1/s1. The smallest absolute Gasteiger partial charge is 0.319 e. The van der Waals surface area contributed by atoms with E-state index in [0.717, 1.165) is 19.4 Å². The number of aromatic hydroxyl groups is 1. The van der Waals surface area contributed by atoms with Gasteiger partial charge in [0.25, 0.3) is 0 Å². The SMILES string of the molecule is C#Cc1c(F)ccc2cc(O)cc(-c3ncc4c(N5C[C@H]6CC[C@@H](C5)N6)nc(OC[C@@]5(C)CN(CC)CC[C@H]5F)nc4c3F)c12. The number of piperidine rings is 1. The van der Waals surface area contributed by atoms with Gasteiger partial charge in [-0.25, -0.2) is 13.2 Å². The van der Waals surface area contributed by atoms with Gasteiger partial charge in [-0.1, -0.05) is 25.8 Å². The van der Waals surface area contributed by atoms with Crippen molar-refractivity contribution >= 4 is 27.5 Å². The number of halogens is 3. The summed E-state index contributed by atoms with van der Waals surface area (Å²) in [6.07, 6.45) is 8.58. The third-order valence-electron chi connectivity index (χ3n) is 9.63. The second-order valence-electron chi connectivity index (χ2n) is 12.8. The van der Waals surface area contributed by atoms with E-state index in [4.69, 9.17) is 16.1 Å². The first kappa shape index (κ1) is 29.6. The maximum absolute atomic E-state index is 16.7. The maximum Gasteiger partial charge on any atom is 0.319 e. The fourth-order valence-electron chi connectivity index (χ4n) is 7.21. The first-order valence-electron chi connectivity index (χ1n) is 15.5. The van der Waals surface area contributed by atoms with Crippen LogP contribution in [0.4, 0.5) is 19.0 Å². The molecule has 5 heterocycles. The Morgan fingerprint density at radius 2 is 1.93 bits per heavy atom. The van der Waals surface area contributed by atoms with E-state index < -0.39 is 23.2 Å². The van der Waals surface area contributed by atoms with Crippen molar-refractivity contribution in [2.24, 2.45) is 5.41 Å².